The van der Waals surface area contributed by atoms with Crippen LogP contribution in [-0.4, -0.2) is 35.2 Å². The first-order valence-electron chi connectivity index (χ1n) is 11.0. The molecular formula is C26H26N2O4S. The first-order valence-corrected chi connectivity index (χ1v) is 11.8. The number of nitrogens with one attached hydrogen (secondary N) is 1. The molecule has 0 aliphatic carbocycles. The summed E-state index contributed by atoms with van der Waals surface area (Å²) < 4.78 is 12.0. The van der Waals surface area contributed by atoms with Gasteiger partial charge in [0.2, 0.25) is 0 Å². The molecule has 0 saturated carbocycles. The number of amides is 1. The minimum atomic E-state index is -0.529. The Morgan fingerprint density at radius 1 is 1.12 bits per heavy atom. The highest BCUT2D eigenvalue weighted by atomic mass is 32.1. The lowest BCUT2D eigenvalue weighted by molar-refractivity contribution is 0.0224. The van der Waals surface area contributed by atoms with E-state index in [0.717, 1.165) is 45.1 Å². The molecule has 5 rings (SSSR count). The molecule has 170 valence electrons. The molecule has 0 saturated heterocycles. The Morgan fingerprint density at radius 2 is 1.94 bits per heavy atom. The van der Waals surface area contributed by atoms with Gasteiger partial charge in [-0.05, 0) is 73.5 Å². The van der Waals surface area contributed by atoms with Crippen molar-refractivity contribution in [3.05, 3.63) is 63.3 Å². The van der Waals surface area contributed by atoms with Crippen molar-refractivity contribution in [3.63, 3.8) is 0 Å². The second kappa shape index (κ2) is 7.92. The molecule has 2 aromatic carbocycles. The standard InChI is InChI=1S/C26H26N2O4S/c1-26(2,3)32-25(30)28-11-9-15-5-6-16(13-17(15)14-28)21-20(31-4)8-7-19-22(21)18-10-12-33-23(18)24(29)27-19/h5-8,10,12-13H,9,11,14H2,1-4H3,(H,27,29). The maximum Gasteiger partial charge on any atom is 0.410 e. The summed E-state index contributed by atoms with van der Waals surface area (Å²) in [6, 6.07) is 12.1. The average molecular weight is 463 g/mol. The minimum Gasteiger partial charge on any atom is -0.496 e. The van der Waals surface area contributed by atoms with Crippen molar-refractivity contribution in [3.8, 4) is 16.9 Å². The van der Waals surface area contributed by atoms with Crippen molar-refractivity contribution in [1.29, 1.82) is 0 Å². The number of pyridine rings is 1. The molecule has 0 spiro atoms. The lowest BCUT2D eigenvalue weighted by Crippen LogP contribution is -2.39. The summed E-state index contributed by atoms with van der Waals surface area (Å²) in [6.07, 6.45) is 0.489. The fraction of sp³-hybridized carbons (Fsp3) is 0.308. The average Bonchev–Trinajstić information content (AvgIpc) is 3.27. The Labute approximate surface area is 195 Å². The quantitative estimate of drug-likeness (QED) is 0.414. The van der Waals surface area contributed by atoms with Crippen molar-refractivity contribution in [2.75, 3.05) is 13.7 Å². The largest absolute Gasteiger partial charge is 0.496 e. The summed E-state index contributed by atoms with van der Waals surface area (Å²) in [5.41, 5.74) is 4.41. The molecule has 7 heteroatoms. The molecule has 2 aromatic heterocycles. The molecule has 0 radical (unpaired) electrons. The van der Waals surface area contributed by atoms with Crippen LogP contribution in [-0.2, 0) is 17.7 Å². The molecule has 0 unspecified atom stereocenters. The maximum absolute atomic E-state index is 12.7. The summed E-state index contributed by atoms with van der Waals surface area (Å²) >= 11 is 1.43. The zero-order valence-electron chi connectivity index (χ0n) is 19.2. The Balaban J connectivity index is 1.64. The van der Waals surface area contributed by atoms with Gasteiger partial charge in [-0.3, -0.25) is 4.79 Å². The smallest absolute Gasteiger partial charge is 0.410 e. The van der Waals surface area contributed by atoms with Crippen LogP contribution in [0.5, 0.6) is 5.75 Å². The predicted molar refractivity (Wildman–Crippen MR) is 132 cm³/mol. The third-order valence-corrected chi connectivity index (χ3v) is 6.85. The molecule has 1 amide bonds. The minimum absolute atomic E-state index is 0.0814. The molecule has 0 bridgehead atoms. The van der Waals surface area contributed by atoms with E-state index in [-0.39, 0.29) is 11.7 Å². The lowest BCUT2D eigenvalue weighted by atomic mass is 9.92. The number of aromatic nitrogens is 1. The highest BCUT2D eigenvalue weighted by molar-refractivity contribution is 7.17. The Bertz CT molecular complexity index is 1440. The van der Waals surface area contributed by atoms with E-state index in [9.17, 15) is 9.59 Å². The Kier molecular flexibility index (Phi) is 5.16. The zero-order chi connectivity index (χ0) is 23.3. The van der Waals surface area contributed by atoms with Gasteiger partial charge < -0.3 is 19.4 Å². The Hall–Kier alpha value is -3.32. The molecule has 0 atom stereocenters. The second-order valence-electron chi connectivity index (χ2n) is 9.32. The number of carbonyl (C=O) groups is 1. The number of methoxy groups -OCH3 is 1. The normalized spacial score (nSPS) is 13.9. The van der Waals surface area contributed by atoms with Crippen LogP contribution in [0.2, 0.25) is 0 Å². The molecule has 3 heterocycles. The number of hydrogen-bond donors (Lipinski definition) is 1. The van der Waals surface area contributed by atoms with Crippen LogP contribution in [0.1, 0.15) is 31.9 Å². The van der Waals surface area contributed by atoms with Gasteiger partial charge in [0.15, 0.2) is 0 Å². The van der Waals surface area contributed by atoms with Crippen LogP contribution in [0.25, 0.3) is 32.1 Å². The van der Waals surface area contributed by atoms with E-state index in [1.165, 1.54) is 16.9 Å². The summed E-state index contributed by atoms with van der Waals surface area (Å²) in [7, 11) is 1.66. The topological polar surface area (TPSA) is 71.6 Å². The summed E-state index contributed by atoms with van der Waals surface area (Å²) in [5.74, 6) is 0.738. The van der Waals surface area contributed by atoms with E-state index in [0.29, 0.717) is 17.8 Å². The van der Waals surface area contributed by atoms with Gasteiger partial charge in [0.1, 0.15) is 16.1 Å². The fourth-order valence-electron chi connectivity index (χ4n) is 4.48. The summed E-state index contributed by atoms with van der Waals surface area (Å²) in [5, 5.41) is 3.82. The number of H-pyrrole nitrogens is 1. The van der Waals surface area contributed by atoms with Gasteiger partial charge in [0.05, 0.1) is 7.11 Å². The first-order chi connectivity index (χ1) is 15.7. The number of nitrogens with zero attached hydrogens (tertiary/aromatic N) is 1. The summed E-state index contributed by atoms with van der Waals surface area (Å²) in [4.78, 5) is 29.9. The van der Waals surface area contributed by atoms with Crippen molar-refractivity contribution in [2.45, 2.75) is 39.3 Å². The predicted octanol–water partition coefficient (Wildman–Crippen LogP) is 5.71. The van der Waals surface area contributed by atoms with E-state index in [1.807, 2.05) is 44.4 Å². The van der Waals surface area contributed by atoms with Gasteiger partial charge in [-0.2, -0.15) is 0 Å². The number of benzene rings is 2. The number of ether oxygens (including phenoxy) is 2. The third kappa shape index (κ3) is 3.86. The molecule has 1 aliphatic rings. The van der Waals surface area contributed by atoms with Crippen LogP contribution in [0.3, 0.4) is 0 Å². The van der Waals surface area contributed by atoms with Gasteiger partial charge in [-0.15, -0.1) is 11.3 Å². The van der Waals surface area contributed by atoms with E-state index in [2.05, 4.69) is 23.2 Å². The van der Waals surface area contributed by atoms with E-state index in [4.69, 9.17) is 9.47 Å². The number of thiophene rings is 1. The van der Waals surface area contributed by atoms with E-state index < -0.39 is 5.60 Å². The fourth-order valence-corrected chi connectivity index (χ4v) is 5.28. The van der Waals surface area contributed by atoms with Crippen molar-refractivity contribution in [1.82, 2.24) is 9.88 Å². The van der Waals surface area contributed by atoms with Gasteiger partial charge in [0, 0.05) is 34.9 Å². The van der Waals surface area contributed by atoms with Gasteiger partial charge in [-0.1, -0.05) is 12.1 Å². The van der Waals surface area contributed by atoms with E-state index >= 15 is 0 Å². The number of aromatic amines is 1. The summed E-state index contributed by atoms with van der Waals surface area (Å²) in [6.45, 7) is 6.76. The van der Waals surface area contributed by atoms with Crippen molar-refractivity contribution >= 4 is 38.4 Å². The van der Waals surface area contributed by atoms with Gasteiger partial charge >= 0.3 is 6.09 Å². The molecular weight excluding hydrogens is 436 g/mol. The Morgan fingerprint density at radius 3 is 2.70 bits per heavy atom. The molecule has 4 aromatic rings. The van der Waals surface area contributed by atoms with E-state index in [1.54, 1.807) is 12.0 Å². The zero-order valence-corrected chi connectivity index (χ0v) is 20.0. The lowest BCUT2D eigenvalue weighted by Gasteiger charge is -2.31. The molecule has 1 aliphatic heterocycles. The van der Waals surface area contributed by atoms with Crippen LogP contribution in [0.4, 0.5) is 4.79 Å². The number of rotatable bonds is 2. The van der Waals surface area contributed by atoms with Crippen LogP contribution in [0, 0.1) is 0 Å². The first kappa shape index (κ1) is 21.5. The number of hydrogen-bond acceptors (Lipinski definition) is 5. The SMILES string of the molecule is COc1ccc2[nH]c(=O)c3sccc3c2c1-c1ccc2c(c1)CN(C(=O)OC(C)(C)C)CC2. The molecule has 0 fully saturated rings. The van der Waals surface area contributed by atoms with Crippen molar-refractivity contribution in [2.24, 2.45) is 0 Å². The van der Waals surface area contributed by atoms with Crippen LogP contribution < -0.4 is 10.3 Å². The van der Waals surface area contributed by atoms with Gasteiger partial charge in [0.25, 0.3) is 5.56 Å². The number of fused-ring (bicyclic) bond motifs is 4. The maximum atomic E-state index is 12.7. The highest BCUT2D eigenvalue weighted by Crippen LogP contribution is 2.41. The van der Waals surface area contributed by atoms with Gasteiger partial charge in [-0.25, -0.2) is 4.79 Å². The molecule has 6 nitrogen and oxygen atoms in total. The highest BCUT2D eigenvalue weighted by Gasteiger charge is 2.26. The van der Waals surface area contributed by atoms with Crippen LogP contribution in [0.15, 0.2) is 46.6 Å². The monoisotopic (exact) mass is 462 g/mol. The molecule has 1 N–H and O–H groups in total. The third-order valence-electron chi connectivity index (χ3n) is 5.93. The van der Waals surface area contributed by atoms with Crippen molar-refractivity contribution < 1.29 is 14.3 Å². The molecule has 33 heavy (non-hydrogen) atoms. The number of carbonyl (C=O) groups excluding carboxylic acids is 1. The second-order valence-corrected chi connectivity index (χ2v) is 10.2. The van der Waals surface area contributed by atoms with Crippen LogP contribution >= 0.6 is 11.3 Å².